The minimum atomic E-state index is -0.153. The number of unbranched alkanes of at least 4 members (excludes halogenated alkanes) is 1. The third kappa shape index (κ3) is 3.38. The number of fused-ring (bicyclic) bond motifs is 4. The molecule has 0 radical (unpaired) electrons. The number of para-hydroxylation sites is 2. The Kier molecular flexibility index (Phi) is 5.26. The van der Waals surface area contributed by atoms with E-state index in [1.54, 1.807) is 10.6 Å². The third-order valence-corrected chi connectivity index (χ3v) is 6.48. The lowest BCUT2D eigenvalue weighted by Gasteiger charge is -2.11. The van der Waals surface area contributed by atoms with E-state index in [-0.39, 0.29) is 11.1 Å². The van der Waals surface area contributed by atoms with Crippen molar-refractivity contribution >= 4 is 39.3 Å². The summed E-state index contributed by atoms with van der Waals surface area (Å²) in [5, 5.41) is 10.6. The second-order valence-electron chi connectivity index (χ2n) is 7.72. The van der Waals surface area contributed by atoms with Gasteiger partial charge in [0.05, 0.1) is 27.6 Å². The summed E-state index contributed by atoms with van der Waals surface area (Å²) >= 11 is 1.43. The van der Waals surface area contributed by atoms with Gasteiger partial charge in [-0.25, -0.2) is 4.98 Å². The van der Waals surface area contributed by atoms with Crippen LogP contribution in [0, 0.1) is 6.92 Å². The van der Waals surface area contributed by atoms with Crippen LogP contribution in [0.4, 0.5) is 0 Å². The van der Waals surface area contributed by atoms with E-state index in [1.165, 1.54) is 11.8 Å². The third-order valence-electron chi connectivity index (χ3n) is 5.54. The summed E-state index contributed by atoms with van der Waals surface area (Å²) < 4.78 is 3.61. The number of aromatic nitrogens is 6. The Morgan fingerprint density at radius 1 is 1.03 bits per heavy atom. The molecule has 3 aromatic heterocycles. The number of hydrogen-bond donors (Lipinski definition) is 1. The Bertz CT molecular complexity index is 1580. The topological polar surface area (TPSA) is 97.9 Å². The molecule has 9 heteroatoms. The minimum Gasteiger partial charge on any atom is -0.309 e. The van der Waals surface area contributed by atoms with E-state index >= 15 is 0 Å². The molecular formula is C23H22N6O2S. The largest absolute Gasteiger partial charge is 0.309 e. The zero-order valence-electron chi connectivity index (χ0n) is 17.8. The highest BCUT2D eigenvalue weighted by molar-refractivity contribution is 7.98. The number of H-pyrrole nitrogens is 1. The molecule has 3 heterocycles. The molecule has 2 aromatic carbocycles. The second-order valence-corrected chi connectivity index (χ2v) is 8.66. The van der Waals surface area contributed by atoms with Gasteiger partial charge in [0.25, 0.3) is 11.1 Å². The predicted molar refractivity (Wildman–Crippen MR) is 126 cm³/mol. The standard InChI is InChI=1S/C23H22N6O2S/c1-3-4-12-28-21(31)15-9-5-6-11-17(15)29-22(28)26-27-23(29)32-13-18-24-19-14(2)8-7-10-16(19)20(30)25-18/h5-11H,3-4,12-13H2,1-2H3,(H,24,25,30). The summed E-state index contributed by atoms with van der Waals surface area (Å²) in [4.78, 5) is 33.1. The molecule has 1 N–H and O–H groups in total. The number of benzene rings is 2. The fourth-order valence-corrected chi connectivity index (χ4v) is 4.71. The van der Waals surface area contributed by atoms with E-state index in [2.05, 4.69) is 27.1 Å². The van der Waals surface area contributed by atoms with E-state index < -0.39 is 0 Å². The number of aryl methyl sites for hydroxylation is 2. The molecule has 5 rings (SSSR count). The normalized spacial score (nSPS) is 11.7. The summed E-state index contributed by atoms with van der Waals surface area (Å²) in [5.41, 5.74) is 2.22. The van der Waals surface area contributed by atoms with Crippen LogP contribution >= 0.6 is 11.8 Å². The Balaban J connectivity index is 1.59. The number of thioether (sulfide) groups is 1. The maximum Gasteiger partial charge on any atom is 0.262 e. The highest BCUT2D eigenvalue weighted by Crippen LogP contribution is 2.24. The van der Waals surface area contributed by atoms with Crippen molar-refractivity contribution in [2.45, 2.75) is 44.1 Å². The molecule has 162 valence electrons. The van der Waals surface area contributed by atoms with Gasteiger partial charge in [0.2, 0.25) is 5.78 Å². The van der Waals surface area contributed by atoms with Gasteiger partial charge < -0.3 is 4.98 Å². The minimum absolute atomic E-state index is 0.0542. The van der Waals surface area contributed by atoms with Crippen molar-refractivity contribution in [2.24, 2.45) is 0 Å². The molecule has 0 amide bonds. The van der Waals surface area contributed by atoms with Gasteiger partial charge in [-0.15, -0.1) is 10.2 Å². The lowest BCUT2D eigenvalue weighted by molar-refractivity contribution is 0.620. The Morgan fingerprint density at radius 3 is 2.69 bits per heavy atom. The molecule has 0 aliphatic rings. The molecule has 0 aliphatic heterocycles. The van der Waals surface area contributed by atoms with E-state index in [0.29, 0.717) is 45.3 Å². The number of nitrogens with zero attached hydrogens (tertiary/aromatic N) is 5. The maximum atomic E-state index is 13.1. The van der Waals surface area contributed by atoms with Crippen LogP contribution in [0.1, 0.15) is 31.2 Å². The number of aromatic amines is 1. The lowest BCUT2D eigenvalue weighted by atomic mass is 10.1. The van der Waals surface area contributed by atoms with Gasteiger partial charge in [-0.05, 0) is 37.1 Å². The van der Waals surface area contributed by atoms with Crippen molar-refractivity contribution < 1.29 is 0 Å². The van der Waals surface area contributed by atoms with Crippen LogP contribution < -0.4 is 11.1 Å². The SMILES string of the molecule is CCCCn1c(=O)c2ccccc2n2c(SCc3nc4c(C)cccc4c(=O)[nH]3)nnc12. The first kappa shape index (κ1) is 20.4. The molecule has 0 saturated heterocycles. The Hall–Kier alpha value is -3.46. The number of hydrogen-bond acceptors (Lipinski definition) is 6. The fraction of sp³-hybridized carbons (Fsp3) is 0.261. The van der Waals surface area contributed by atoms with Gasteiger partial charge in [-0.3, -0.25) is 18.6 Å². The average molecular weight is 447 g/mol. The van der Waals surface area contributed by atoms with Crippen molar-refractivity contribution in [1.29, 1.82) is 0 Å². The number of rotatable bonds is 6. The second kappa shape index (κ2) is 8.23. The zero-order chi connectivity index (χ0) is 22.2. The van der Waals surface area contributed by atoms with E-state index in [9.17, 15) is 9.59 Å². The smallest absolute Gasteiger partial charge is 0.262 e. The van der Waals surface area contributed by atoms with Crippen molar-refractivity contribution in [3.8, 4) is 0 Å². The first-order valence-corrected chi connectivity index (χ1v) is 11.5. The van der Waals surface area contributed by atoms with E-state index in [4.69, 9.17) is 0 Å². The fourth-order valence-electron chi connectivity index (χ4n) is 3.90. The molecule has 0 spiro atoms. The lowest BCUT2D eigenvalue weighted by Crippen LogP contribution is -2.23. The number of nitrogens with one attached hydrogen (secondary N) is 1. The molecule has 0 bridgehead atoms. The predicted octanol–water partition coefficient (Wildman–Crippen LogP) is 3.68. The van der Waals surface area contributed by atoms with Crippen LogP contribution in [0.15, 0.2) is 57.2 Å². The highest BCUT2D eigenvalue weighted by Gasteiger charge is 2.17. The summed E-state index contributed by atoms with van der Waals surface area (Å²) in [6, 6.07) is 13.1. The van der Waals surface area contributed by atoms with Gasteiger partial charge in [-0.1, -0.05) is 49.4 Å². The van der Waals surface area contributed by atoms with Crippen LogP contribution in [0.5, 0.6) is 0 Å². The van der Waals surface area contributed by atoms with Crippen LogP contribution in [0.3, 0.4) is 0 Å². The van der Waals surface area contributed by atoms with E-state index in [0.717, 1.165) is 23.9 Å². The van der Waals surface area contributed by atoms with Crippen LogP contribution in [-0.4, -0.2) is 29.1 Å². The summed E-state index contributed by atoms with van der Waals surface area (Å²) in [7, 11) is 0. The molecule has 5 aromatic rings. The summed E-state index contributed by atoms with van der Waals surface area (Å²) in [6.07, 6.45) is 1.85. The molecule has 0 fully saturated rings. The summed E-state index contributed by atoms with van der Waals surface area (Å²) in [5.74, 6) is 1.52. The summed E-state index contributed by atoms with van der Waals surface area (Å²) in [6.45, 7) is 4.62. The van der Waals surface area contributed by atoms with Gasteiger partial charge in [0.15, 0.2) is 5.16 Å². The van der Waals surface area contributed by atoms with Gasteiger partial charge in [0, 0.05) is 6.54 Å². The van der Waals surface area contributed by atoms with Crippen molar-refractivity contribution in [1.82, 2.24) is 29.1 Å². The molecule has 0 aliphatic carbocycles. The quantitative estimate of drug-likeness (QED) is 0.400. The first-order valence-electron chi connectivity index (χ1n) is 10.6. The van der Waals surface area contributed by atoms with Crippen LogP contribution in [0.2, 0.25) is 0 Å². The molecule has 8 nitrogen and oxygen atoms in total. The van der Waals surface area contributed by atoms with Crippen molar-refractivity contribution in [2.75, 3.05) is 0 Å². The van der Waals surface area contributed by atoms with Crippen molar-refractivity contribution in [3.05, 3.63) is 74.6 Å². The molecule has 32 heavy (non-hydrogen) atoms. The maximum absolute atomic E-state index is 13.1. The molecule has 0 unspecified atom stereocenters. The first-order chi connectivity index (χ1) is 15.6. The molecule has 0 atom stereocenters. The molecule has 0 saturated carbocycles. The van der Waals surface area contributed by atoms with E-state index in [1.807, 2.05) is 47.7 Å². The Morgan fingerprint density at radius 2 is 1.84 bits per heavy atom. The highest BCUT2D eigenvalue weighted by atomic mass is 32.2. The zero-order valence-corrected chi connectivity index (χ0v) is 18.6. The van der Waals surface area contributed by atoms with Crippen LogP contribution in [0.25, 0.3) is 27.6 Å². The molecular weight excluding hydrogens is 424 g/mol. The average Bonchev–Trinajstić information content (AvgIpc) is 3.22. The van der Waals surface area contributed by atoms with Gasteiger partial charge >= 0.3 is 0 Å². The van der Waals surface area contributed by atoms with Gasteiger partial charge in [-0.2, -0.15) is 0 Å². The van der Waals surface area contributed by atoms with Crippen LogP contribution in [-0.2, 0) is 12.3 Å². The van der Waals surface area contributed by atoms with Gasteiger partial charge in [0.1, 0.15) is 5.82 Å². The Labute approximate surface area is 187 Å². The van der Waals surface area contributed by atoms with Crippen molar-refractivity contribution in [3.63, 3.8) is 0 Å². The monoisotopic (exact) mass is 446 g/mol.